The highest BCUT2D eigenvalue weighted by Crippen LogP contribution is 2.22. The Morgan fingerprint density at radius 3 is 2.96 bits per heavy atom. The number of nitrogens with one attached hydrogen (secondary N) is 1. The van der Waals surface area contributed by atoms with Crippen LogP contribution in [0.2, 0.25) is 0 Å². The highest BCUT2D eigenvalue weighted by atomic mass is 32.1. The number of nitrogens with zero attached hydrogens (tertiary/aromatic N) is 4. The second kappa shape index (κ2) is 6.69. The number of aromatic amines is 1. The van der Waals surface area contributed by atoms with Crippen molar-refractivity contribution < 1.29 is 0 Å². The van der Waals surface area contributed by atoms with Crippen LogP contribution in [0, 0.1) is 0 Å². The molecule has 0 aromatic carbocycles. The Balaban J connectivity index is 1.60. The number of rotatable bonds is 4. The lowest BCUT2D eigenvalue weighted by Crippen LogP contribution is -2.36. The van der Waals surface area contributed by atoms with E-state index in [0.717, 1.165) is 29.8 Å². The minimum atomic E-state index is -0.363. The molecule has 0 saturated carbocycles. The van der Waals surface area contributed by atoms with Gasteiger partial charge in [-0.15, -0.1) is 11.3 Å². The highest BCUT2D eigenvalue weighted by molar-refractivity contribution is 7.10. The van der Waals surface area contributed by atoms with Crippen LogP contribution < -0.4 is 11.2 Å². The van der Waals surface area contributed by atoms with Gasteiger partial charge in [-0.25, -0.2) is 9.78 Å². The van der Waals surface area contributed by atoms with Crippen molar-refractivity contribution in [3.8, 4) is 0 Å². The molecule has 1 fully saturated rings. The minimum Gasteiger partial charge on any atom is -0.335 e. The molecule has 1 saturated heterocycles. The number of hydrogen-bond donors (Lipinski definition) is 1. The van der Waals surface area contributed by atoms with Gasteiger partial charge in [0.25, 0.3) is 5.56 Å². The van der Waals surface area contributed by atoms with Crippen molar-refractivity contribution in [2.75, 3.05) is 6.54 Å². The average molecular weight is 371 g/mol. The molecule has 7 nitrogen and oxygen atoms in total. The smallest absolute Gasteiger partial charge is 0.332 e. The summed E-state index contributed by atoms with van der Waals surface area (Å²) in [5.74, 6) is 0.717. The first-order chi connectivity index (χ1) is 12.5. The van der Waals surface area contributed by atoms with E-state index in [4.69, 9.17) is 0 Å². The van der Waals surface area contributed by atoms with Crippen molar-refractivity contribution in [1.82, 2.24) is 24.0 Å². The van der Waals surface area contributed by atoms with E-state index in [9.17, 15) is 9.59 Å². The lowest BCUT2D eigenvalue weighted by Gasteiger charge is -2.20. The third-order valence-electron chi connectivity index (χ3n) is 4.94. The van der Waals surface area contributed by atoms with E-state index < -0.39 is 0 Å². The maximum absolute atomic E-state index is 12.3. The summed E-state index contributed by atoms with van der Waals surface area (Å²) in [7, 11) is 3.12. The van der Waals surface area contributed by atoms with Gasteiger partial charge >= 0.3 is 5.69 Å². The maximum atomic E-state index is 12.3. The molecule has 0 radical (unpaired) electrons. The molecular formula is C18H21N5O2S. The van der Waals surface area contributed by atoms with Gasteiger partial charge in [0.05, 0.1) is 6.54 Å². The van der Waals surface area contributed by atoms with Crippen LogP contribution in [0.15, 0.2) is 33.2 Å². The van der Waals surface area contributed by atoms with Crippen molar-refractivity contribution in [2.45, 2.75) is 25.4 Å². The Bertz CT molecular complexity index is 1070. The quantitative estimate of drug-likeness (QED) is 0.757. The van der Waals surface area contributed by atoms with Crippen LogP contribution in [0.3, 0.4) is 0 Å². The number of hydrogen-bond acceptors (Lipinski definition) is 5. The first kappa shape index (κ1) is 17.0. The summed E-state index contributed by atoms with van der Waals surface area (Å²) in [6.07, 6.45) is 6.67. The molecule has 1 aliphatic heterocycles. The fourth-order valence-electron chi connectivity index (χ4n) is 3.50. The molecule has 0 spiro atoms. The van der Waals surface area contributed by atoms with Crippen LogP contribution in [0.4, 0.5) is 0 Å². The van der Waals surface area contributed by atoms with E-state index in [-0.39, 0.29) is 11.2 Å². The number of thiophene rings is 1. The number of aromatic nitrogens is 4. The Hall–Kier alpha value is -2.45. The van der Waals surface area contributed by atoms with Crippen molar-refractivity contribution in [2.24, 2.45) is 14.1 Å². The molecule has 26 heavy (non-hydrogen) atoms. The summed E-state index contributed by atoms with van der Waals surface area (Å²) in [6.45, 7) is 1.62. The zero-order chi connectivity index (χ0) is 18.3. The predicted octanol–water partition coefficient (Wildman–Crippen LogP) is 1.70. The molecule has 0 amide bonds. The molecule has 1 unspecified atom stereocenters. The monoisotopic (exact) mass is 371 g/mol. The lowest BCUT2D eigenvalue weighted by molar-refractivity contribution is 0.276. The van der Waals surface area contributed by atoms with Gasteiger partial charge in [0, 0.05) is 25.0 Å². The van der Waals surface area contributed by atoms with Crippen LogP contribution in [-0.4, -0.2) is 36.6 Å². The van der Waals surface area contributed by atoms with E-state index in [0.29, 0.717) is 23.8 Å². The molecule has 4 rings (SSSR count). The number of fused-ring (bicyclic) bond motifs is 1. The van der Waals surface area contributed by atoms with Crippen LogP contribution >= 0.6 is 11.3 Å². The van der Waals surface area contributed by atoms with Gasteiger partial charge in [-0.2, -0.15) is 0 Å². The van der Waals surface area contributed by atoms with Gasteiger partial charge in [0.2, 0.25) is 0 Å². The van der Waals surface area contributed by atoms with E-state index in [1.54, 1.807) is 18.4 Å². The lowest BCUT2D eigenvalue weighted by atomic mass is 10.2. The van der Waals surface area contributed by atoms with E-state index in [2.05, 4.69) is 44.5 Å². The SMILES string of the molecule is Cn1c(=O)c2[nH]c(CN3CCCC3/C=C/c3cccs3)nc2n(C)c1=O. The van der Waals surface area contributed by atoms with Crippen molar-refractivity contribution in [1.29, 1.82) is 0 Å². The molecule has 8 heteroatoms. The van der Waals surface area contributed by atoms with E-state index >= 15 is 0 Å². The second-order valence-electron chi connectivity index (χ2n) is 6.64. The summed E-state index contributed by atoms with van der Waals surface area (Å²) in [5.41, 5.74) is 0.100. The molecule has 1 aliphatic rings. The first-order valence-electron chi connectivity index (χ1n) is 8.65. The largest absolute Gasteiger partial charge is 0.335 e. The van der Waals surface area contributed by atoms with Crippen molar-refractivity contribution in [3.63, 3.8) is 0 Å². The number of H-pyrrole nitrogens is 1. The molecule has 0 bridgehead atoms. The third kappa shape index (κ3) is 2.95. The summed E-state index contributed by atoms with van der Waals surface area (Å²) in [4.78, 5) is 35.6. The molecule has 0 aliphatic carbocycles. The molecule has 1 atom stereocenters. The van der Waals surface area contributed by atoms with Crippen molar-refractivity contribution in [3.05, 3.63) is 55.1 Å². The normalized spacial score (nSPS) is 18.5. The fourth-order valence-corrected chi connectivity index (χ4v) is 4.13. The van der Waals surface area contributed by atoms with Gasteiger partial charge in [-0.05, 0) is 36.9 Å². The zero-order valence-corrected chi connectivity index (χ0v) is 15.6. The summed E-state index contributed by atoms with van der Waals surface area (Å²) < 4.78 is 2.52. The zero-order valence-electron chi connectivity index (χ0n) is 14.8. The Morgan fingerprint density at radius 1 is 1.35 bits per heavy atom. The first-order valence-corrected chi connectivity index (χ1v) is 9.53. The maximum Gasteiger partial charge on any atom is 0.332 e. The fraction of sp³-hybridized carbons (Fsp3) is 0.389. The van der Waals surface area contributed by atoms with Crippen LogP contribution in [0.1, 0.15) is 23.5 Å². The standard InChI is InChI=1S/C18H21N5O2S/c1-21-16-15(17(24)22(2)18(21)25)19-14(20-16)11-23-9-3-5-12(23)7-8-13-6-4-10-26-13/h4,6-8,10,12H,3,5,9,11H2,1-2H3,(H,19,20)/b8-7+. The molecule has 4 heterocycles. The molecule has 3 aromatic rings. The van der Waals surface area contributed by atoms with E-state index in [1.807, 2.05) is 0 Å². The van der Waals surface area contributed by atoms with Crippen LogP contribution in [0.25, 0.3) is 17.2 Å². The molecule has 1 N–H and O–H groups in total. The molecule has 136 valence electrons. The highest BCUT2D eigenvalue weighted by Gasteiger charge is 2.24. The number of likely N-dealkylation sites (tertiary alicyclic amines) is 1. The predicted molar refractivity (Wildman–Crippen MR) is 103 cm³/mol. The van der Waals surface area contributed by atoms with Crippen LogP contribution in [0.5, 0.6) is 0 Å². The topological polar surface area (TPSA) is 75.9 Å². The summed E-state index contributed by atoms with van der Waals surface area (Å²) >= 11 is 1.73. The summed E-state index contributed by atoms with van der Waals surface area (Å²) in [5, 5.41) is 2.07. The van der Waals surface area contributed by atoms with Crippen LogP contribution in [-0.2, 0) is 20.6 Å². The van der Waals surface area contributed by atoms with Crippen molar-refractivity contribution >= 4 is 28.6 Å². The van der Waals surface area contributed by atoms with Gasteiger partial charge < -0.3 is 4.98 Å². The van der Waals surface area contributed by atoms with Gasteiger partial charge in [0.1, 0.15) is 11.3 Å². The molecular weight excluding hydrogens is 350 g/mol. The number of aryl methyl sites for hydroxylation is 1. The Kier molecular flexibility index (Phi) is 4.37. The van der Waals surface area contributed by atoms with E-state index in [1.165, 1.54) is 16.5 Å². The van der Waals surface area contributed by atoms with Gasteiger partial charge in [-0.3, -0.25) is 18.8 Å². The Morgan fingerprint density at radius 2 is 2.19 bits per heavy atom. The number of imidazole rings is 1. The summed E-state index contributed by atoms with van der Waals surface area (Å²) in [6, 6.07) is 4.52. The second-order valence-corrected chi connectivity index (χ2v) is 7.62. The minimum absolute atomic E-state index is 0.336. The third-order valence-corrected chi connectivity index (χ3v) is 5.77. The van der Waals surface area contributed by atoms with Gasteiger partial charge in [-0.1, -0.05) is 12.1 Å². The average Bonchev–Trinajstić information content (AvgIpc) is 3.37. The molecule has 3 aromatic heterocycles. The Labute approximate surface area is 154 Å². The van der Waals surface area contributed by atoms with Gasteiger partial charge in [0.15, 0.2) is 5.65 Å².